The highest BCUT2D eigenvalue weighted by Gasteiger charge is 2.27. The van der Waals surface area contributed by atoms with E-state index in [1.165, 1.54) is 0 Å². The second-order valence-corrected chi connectivity index (χ2v) is 5.27. The van der Waals surface area contributed by atoms with Gasteiger partial charge in [0.25, 0.3) is 0 Å². The van der Waals surface area contributed by atoms with Crippen LogP contribution < -0.4 is 16.8 Å². The van der Waals surface area contributed by atoms with Gasteiger partial charge in [0.15, 0.2) is 0 Å². The molecule has 118 valence electrons. The summed E-state index contributed by atoms with van der Waals surface area (Å²) in [7, 11) is 0. The Morgan fingerprint density at radius 3 is 2.43 bits per heavy atom. The van der Waals surface area contributed by atoms with Crippen molar-refractivity contribution >= 4 is 17.7 Å². The molecule has 2 atom stereocenters. The predicted octanol–water partition coefficient (Wildman–Crippen LogP) is -0.263. The average Bonchev–Trinajstić information content (AvgIpc) is 2.95. The van der Waals surface area contributed by atoms with E-state index in [9.17, 15) is 14.4 Å². The first-order chi connectivity index (χ1) is 9.82. The Kier molecular flexibility index (Phi) is 6.36. The zero-order valence-electron chi connectivity index (χ0n) is 12.5. The number of allylic oxidation sites excluding steroid dienone is 1. The van der Waals surface area contributed by atoms with E-state index in [-0.39, 0.29) is 5.91 Å². The zero-order valence-corrected chi connectivity index (χ0v) is 12.5. The monoisotopic (exact) mass is 297 g/mol. The molecule has 0 radical (unpaired) electrons. The molecule has 5 N–H and O–H groups in total. The lowest BCUT2D eigenvalue weighted by molar-refractivity contribution is -0.133. The van der Waals surface area contributed by atoms with Gasteiger partial charge in [0, 0.05) is 12.2 Å². The van der Waals surface area contributed by atoms with E-state index in [4.69, 9.17) is 16.2 Å². The second kappa shape index (κ2) is 7.78. The summed E-state index contributed by atoms with van der Waals surface area (Å²) in [4.78, 5) is 34.4. The number of nitrogens with one attached hydrogen (secondary N) is 1. The van der Waals surface area contributed by atoms with Crippen LogP contribution in [0.3, 0.4) is 0 Å². The summed E-state index contributed by atoms with van der Waals surface area (Å²) in [5.41, 5.74) is 11.7. The summed E-state index contributed by atoms with van der Waals surface area (Å²) >= 11 is 0. The fourth-order valence-electron chi connectivity index (χ4n) is 2.09. The Hall–Kier alpha value is -1.89. The van der Waals surface area contributed by atoms with Gasteiger partial charge in [-0.15, -0.1) is 0 Å². The predicted molar refractivity (Wildman–Crippen MR) is 76.9 cm³/mol. The van der Waals surface area contributed by atoms with E-state index in [2.05, 4.69) is 5.32 Å². The van der Waals surface area contributed by atoms with Crippen molar-refractivity contribution in [1.29, 1.82) is 0 Å². The van der Waals surface area contributed by atoms with Gasteiger partial charge in [0.2, 0.25) is 17.7 Å². The Labute approximate surface area is 124 Å². The van der Waals surface area contributed by atoms with Gasteiger partial charge in [-0.3, -0.25) is 14.4 Å². The van der Waals surface area contributed by atoms with Gasteiger partial charge in [-0.1, -0.05) is 5.57 Å². The first-order valence-corrected chi connectivity index (χ1v) is 7.00. The fraction of sp³-hybridized carbons (Fsp3) is 0.643. The number of primary amides is 2. The molecule has 1 fully saturated rings. The summed E-state index contributed by atoms with van der Waals surface area (Å²) in [6.45, 7) is 3.95. The van der Waals surface area contributed by atoms with Crippen LogP contribution in [-0.2, 0) is 19.1 Å². The second-order valence-electron chi connectivity index (χ2n) is 5.27. The molecule has 0 spiro atoms. The van der Waals surface area contributed by atoms with Gasteiger partial charge in [-0.25, -0.2) is 0 Å². The van der Waals surface area contributed by atoms with Crippen molar-refractivity contribution < 1.29 is 19.1 Å². The highest BCUT2D eigenvalue weighted by atomic mass is 16.5. The molecule has 3 amide bonds. The van der Waals surface area contributed by atoms with Crippen molar-refractivity contribution in [3.63, 3.8) is 0 Å². The van der Waals surface area contributed by atoms with Crippen molar-refractivity contribution in [3.8, 4) is 0 Å². The molecule has 7 nitrogen and oxygen atoms in total. The minimum atomic E-state index is -0.780. The molecule has 1 aliphatic rings. The maximum absolute atomic E-state index is 11.9. The molecule has 1 heterocycles. The van der Waals surface area contributed by atoms with Crippen molar-refractivity contribution in [2.45, 2.75) is 51.7 Å². The number of amides is 3. The highest BCUT2D eigenvalue weighted by molar-refractivity contribution is 5.92. The number of carbonyl (C=O) groups is 3. The largest absolute Gasteiger partial charge is 0.368 e. The SMILES string of the molecule is CC(CCC(NC(=O)C1CCCO1)C(N)=O)=C(C)C(N)=O. The highest BCUT2D eigenvalue weighted by Crippen LogP contribution is 2.14. The first kappa shape index (κ1) is 17.2. The van der Waals surface area contributed by atoms with Crippen LogP contribution >= 0.6 is 0 Å². The van der Waals surface area contributed by atoms with Gasteiger partial charge in [-0.2, -0.15) is 0 Å². The molecule has 0 aromatic rings. The summed E-state index contributed by atoms with van der Waals surface area (Å²) in [5, 5.41) is 2.60. The van der Waals surface area contributed by atoms with Crippen LogP contribution in [0.2, 0.25) is 0 Å². The quantitative estimate of drug-likeness (QED) is 0.560. The molecule has 1 rings (SSSR count). The van der Waals surface area contributed by atoms with Crippen molar-refractivity contribution in [2.75, 3.05) is 6.61 Å². The summed E-state index contributed by atoms with van der Waals surface area (Å²) in [6, 6.07) is -0.780. The van der Waals surface area contributed by atoms with Crippen LogP contribution in [0.1, 0.15) is 39.5 Å². The summed E-state index contributed by atoms with van der Waals surface area (Å²) in [6.07, 6.45) is 1.75. The molecule has 0 aromatic heterocycles. The lowest BCUT2D eigenvalue weighted by atomic mass is 10.0. The van der Waals surface area contributed by atoms with Crippen molar-refractivity contribution in [1.82, 2.24) is 5.32 Å². The van der Waals surface area contributed by atoms with E-state index < -0.39 is 24.0 Å². The minimum absolute atomic E-state index is 0.315. The maximum atomic E-state index is 11.9. The molecule has 1 saturated heterocycles. The normalized spacial score (nSPS) is 20.6. The molecule has 0 saturated carbocycles. The molecule has 0 aromatic carbocycles. The third kappa shape index (κ3) is 5.18. The number of ether oxygens (including phenoxy) is 1. The Morgan fingerprint density at radius 2 is 1.95 bits per heavy atom. The van der Waals surface area contributed by atoms with Crippen LogP contribution in [-0.4, -0.2) is 36.5 Å². The Bertz CT molecular complexity index is 453. The minimum Gasteiger partial charge on any atom is -0.368 e. The van der Waals surface area contributed by atoms with Gasteiger partial charge >= 0.3 is 0 Å². The lowest BCUT2D eigenvalue weighted by Gasteiger charge is -2.18. The average molecular weight is 297 g/mol. The van der Waals surface area contributed by atoms with Crippen LogP contribution in [0.25, 0.3) is 0 Å². The molecule has 0 bridgehead atoms. The lowest BCUT2D eigenvalue weighted by Crippen LogP contribution is -2.48. The molecular formula is C14H23N3O4. The van der Waals surface area contributed by atoms with E-state index in [0.717, 1.165) is 12.0 Å². The smallest absolute Gasteiger partial charge is 0.249 e. The molecule has 1 aliphatic heterocycles. The third-order valence-electron chi connectivity index (χ3n) is 3.70. The van der Waals surface area contributed by atoms with Crippen LogP contribution in [0.15, 0.2) is 11.1 Å². The van der Waals surface area contributed by atoms with Crippen LogP contribution in [0.5, 0.6) is 0 Å². The number of rotatable bonds is 7. The van der Waals surface area contributed by atoms with E-state index in [1.54, 1.807) is 13.8 Å². The molecular weight excluding hydrogens is 274 g/mol. The first-order valence-electron chi connectivity index (χ1n) is 7.00. The van der Waals surface area contributed by atoms with Crippen LogP contribution in [0, 0.1) is 0 Å². The topological polar surface area (TPSA) is 125 Å². The van der Waals surface area contributed by atoms with E-state index in [1.807, 2.05) is 0 Å². The van der Waals surface area contributed by atoms with E-state index in [0.29, 0.717) is 31.4 Å². The van der Waals surface area contributed by atoms with Crippen LogP contribution in [0.4, 0.5) is 0 Å². The number of hydrogen-bond acceptors (Lipinski definition) is 4. The third-order valence-corrected chi connectivity index (χ3v) is 3.70. The van der Waals surface area contributed by atoms with E-state index >= 15 is 0 Å². The Morgan fingerprint density at radius 1 is 1.29 bits per heavy atom. The van der Waals surface area contributed by atoms with Crippen molar-refractivity contribution in [2.24, 2.45) is 11.5 Å². The fourth-order valence-corrected chi connectivity index (χ4v) is 2.09. The molecule has 2 unspecified atom stereocenters. The molecule has 0 aliphatic carbocycles. The summed E-state index contributed by atoms with van der Waals surface area (Å²) in [5.74, 6) is -1.41. The number of carbonyl (C=O) groups excluding carboxylic acids is 3. The van der Waals surface area contributed by atoms with Gasteiger partial charge in [0.05, 0.1) is 0 Å². The van der Waals surface area contributed by atoms with Gasteiger partial charge in [0.1, 0.15) is 12.1 Å². The maximum Gasteiger partial charge on any atom is 0.249 e. The van der Waals surface area contributed by atoms with Gasteiger partial charge < -0.3 is 21.5 Å². The number of hydrogen-bond donors (Lipinski definition) is 3. The van der Waals surface area contributed by atoms with Crippen molar-refractivity contribution in [3.05, 3.63) is 11.1 Å². The standard InChI is InChI=1S/C14H23N3O4/c1-8(9(2)12(15)18)5-6-10(13(16)19)17-14(20)11-4-3-7-21-11/h10-11H,3-7H2,1-2H3,(H2,15,18)(H2,16,19)(H,17,20). The summed E-state index contributed by atoms with van der Waals surface area (Å²) < 4.78 is 5.26. The zero-order chi connectivity index (χ0) is 16.0. The molecule has 7 heteroatoms. The van der Waals surface area contributed by atoms with Gasteiger partial charge in [-0.05, 0) is 39.5 Å². The Balaban J connectivity index is 2.58. The molecule has 21 heavy (non-hydrogen) atoms. The number of nitrogens with two attached hydrogens (primary N) is 2.